The zero-order valence-electron chi connectivity index (χ0n) is 10.1. The Morgan fingerprint density at radius 3 is 3.00 bits per heavy atom. The van der Waals surface area contributed by atoms with Crippen LogP contribution in [0.4, 0.5) is 15.8 Å². The van der Waals surface area contributed by atoms with Gasteiger partial charge in [-0.1, -0.05) is 0 Å². The quantitative estimate of drug-likeness (QED) is 0.494. The maximum atomic E-state index is 13.1. The molecule has 6 nitrogen and oxygen atoms in total. The van der Waals surface area contributed by atoms with E-state index in [1.54, 1.807) is 10.9 Å². The highest BCUT2D eigenvalue weighted by atomic mass is 19.1. The van der Waals surface area contributed by atoms with Gasteiger partial charge in [-0.2, -0.15) is 5.10 Å². The summed E-state index contributed by atoms with van der Waals surface area (Å²) in [5.74, 6) is -0.500. The molecule has 19 heavy (non-hydrogen) atoms. The summed E-state index contributed by atoms with van der Waals surface area (Å²) in [6, 6.07) is 5.19. The number of benzene rings is 1. The van der Waals surface area contributed by atoms with Crippen LogP contribution in [0, 0.1) is 15.9 Å². The number of rotatable bonds is 6. The van der Waals surface area contributed by atoms with E-state index in [0.717, 1.165) is 24.6 Å². The second kappa shape index (κ2) is 5.94. The predicted molar refractivity (Wildman–Crippen MR) is 68.4 cm³/mol. The highest BCUT2D eigenvalue weighted by molar-refractivity contribution is 5.61. The van der Waals surface area contributed by atoms with Crippen LogP contribution >= 0.6 is 0 Å². The van der Waals surface area contributed by atoms with E-state index in [1.807, 2.05) is 12.3 Å². The Labute approximate surface area is 109 Å². The molecule has 0 aliphatic carbocycles. The van der Waals surface area contributed by atoms with Gasteiger partial charge in [-0.05, 0) is 18.6 Å². The average Bonchev–Trinajstić information content (AvgIpc) is 2.87. The van der Waals surface area contributed by atoms with Crippen molar-refractivity contribution >= 4 is 11.4 Å². The summed E-state index contributed by atoms with van der Waals surface area (Å²) in [4.78, 5) is 10.2. The molecule has 1 aromatic carbocycles. The van der Waals surface area contributed by atoms with E-state index < -0.39 is 10.7 Å². The molecule has 1 N–H and O–H groups in total. The Bertz CT molecular complexity index is 557. The molecule has 0 radical (unpaired) electrons. The molecule has 0 atom stereocenters. The fourth-order valence-electron chi connectivity index (χ4n) is 1.71. The third-order valence-corrected chi connectivity index (χ3v) is 2.59. The summed E-state index contributed by atoms with van der Waals surface area (Å²) >= 11 is 0. The van der Waals surface area contributed by atoms with Crippen molar-refractivity contribution in [3.8, 4) is 0 Å². The highest BCUT2D eigenvalue weighted by Crippen LogP contribution is 2.24. The summed E-state index contributed by atoms with van der Waals surface area (Å²) in [6.45, 7) is 1.20. The SMILES string of the molecule is O=[N+]([O-])c1ccc(F)cc1NCCCn1cccn1. The number of halogens is 1. The number of nitrogens with one attached hydrogen (secondary N) is 1. The number of hydrogen-bond acceptors (Lipinski definition) is 4. The van der Waals surface area contributed by atoms with Gasteiger partial charge in [0.15, 0.2) is 0 Å². The van der Waals surface area contributed by atoms with E-state index in [-0.39, 0.29) is 11.4 Å². The largest absolute Gasteiger partial charge is 0.379 e. The predicted octanol–water partition coefficient (Wildman–Crippen LogP) is 2.43. The molecule has 0 amide bonds. The molecular weight excluding hydrogens is 251 g/mol. The van der Waals surface area contributed by atoms with Gasteiger partial charge in [0, 0.05) is 37.6 Å². The summed E-state index contributed by atoms with van der Waals surface area (Å²) in [5, 5.41) is 17.7. The van der Waals surface area contributed by atoms with Crippen LogP contribution in [0.2, 0.25) is 0 Å². The smallest absolute Gasteiger partial charge is 0.292 e. The van der Waals surface area contributed by atoms with Crippen molar-refractivity contribution in [2.24, 2.45) is 0 Å². The molecule has 0 bridgehead atoms. The number of hydrogen-bond donors (Lipinski definition) is 1. The molecule has 0 fully saturated rings. The van der Waals surface area contributed by atoms with Gasteiger partial charge in [0.1, 0.15) is 11.5 Å². The first-order chi connectivity index (χ1) is 9.16. The monoisotopic (exact) mass is 264 g/mol. The molecular formula is C12H13FN4O2. The van der Waals surface area contributed by atoms with Crippen LogP contribution in [-0.2, 0) is 6.54 Å². The second-order valence-electron chi connectivity index (χ2n) is 3.97. The zero-order valence-corrected chi connectivity index (χ0v) is 10.1. The molecule has 0 saturated heterocycles. The minimum absolute atomic E-state index is 0.125. The van der Waals surface area contributed by atoms with Crippen molar-refractivity contribution in [2.45, 2.75) is 13.0 Å². The van der Waals surface area contributed by atoms with E-state index in [9.17, 15) is 14.5 Å². The average molecular weight is 264 g/mol. The molecule has 1 aromatic heterocycles. The van der Waals surface area contributed by atoms with Crippen molar-refractivity contribution in [1.82, 2.24) is 9.78 Å². The number of aryl methyl sites for hydroxylation is 1. The van der Waals surface area contributed by atoms with Crippen LogP contribution in [0.25, 0.3) is 0 Å². The lowest BCUT2D eigenvalue weighted by Crippen LogP contribution is -2.08. The Balaban J connectivity index is 1.91. The lowest BCUT2D eigenvalue weighted by molar-refractivity contribution is -0.384. The molecule has 0 aliphatic heterocycles. The number of nitro groups is 1. The van der Waals surface area contributed by atoms with E-state index in [1.165, 1.54) is 0 Å². The fraction of sp³-hybridized carbons (Fsp3) is 0.250. The molecule has 0 spiro atoms. The summed E-state index contributed by atoms with van der Waals surface area (Å²) < 4.78 is 14.8. The number of nitro benzene ring substituents is 1. The van der Waals surface area contributed by atoms with Crippen molar-refractivity contribution < 1.29 is 9.31 Å². The third kappa shape index (κ3) is 3.51. The van der Waals surface area contributed by atoms with Gasteiger partial charge in [-0.25, -0.2) is 4.39 Å². The zero-order chi connectivity index (χ0) is 13.7. The first-order valence-corrected chi connectivity index (χ1v) is 5.82. The molecule has 7 heteroatoms. The number of anilines is 1. The second-order valence-corrected chi connectivity index (χ2v) is 3.97. The van der Waals surface area contributed by atoms with E-state index in [0.29, 0.717) is 13.1 Å². The number of nitrogens with zero attached hydrogens (tertiary/aromatic N) is 3. The van der Waals surface area contributed by atoms with Gasteiger partial charge in [-0.15, -0.1) is 0 Å². The van der Waals surface area contributed by atoms with E-state index in [2.05, 4.69) is 10.4 Å². The molecule has 0 aliphatic rings. The standard InChI is InChI=1S/C12H13FN4O2/c13-10-3-4-12(17(18)19)11(9-10)14-5-1-7-16-8-2-6-15-16/h2-4,6,8-9,14H,1,5,7H2. The molecule has 2 rings (SSSR count). The normalized spacial score (nSPS) is 10.4. The van der Waals surface area contributed by atoms with Gasteiger partial charge in [-0.3, -0.25) is 14.8 Å². The molecule has 2 aromatic rings. The third-order valence-electron chi connectivity index (χ3n) is 2.59. The molecule has 0 saturated carbocycles. The first kappa shape index (κ1) is 13.0. The van der Waals surface area contributed by atoms with Crippen molar-refractivity contribution in [2.75, 3.05) is 11.9 Å². The van der Waals surface area contributed by atoms with Crippen molar-refractivity contribution in [1.29, 1.82) is 0 Å². The number of aromatic nitrogens is 2. The summed E-state index contributed by atoms with van der Waals surface area (Å²) in [6.07, 6.45) is 4.25. The lowest BCUT2D eigenvalue weighted by Gasteiger charge is -2.07. The highest BCUT2D eigenvalue weighted by Gasteiger charge is 2.13. The van der Waals surface area contributed by atoms with E-state index >= 15 is 0 Å². The van der Waals surface area contributed by atoms with Crippen LogP contribution in [0.15, 0.2) is 36.7 Å². The molecule has 0 unspecified atom stereocenters. The Morgan fingerprint density at radius 2 is 2.32 bits per heavy atom. The summed E-state index contributed by atoms with van der Waals surface area (Å²) in [7, 11) is 0. The summed E-state index contributed by atoms with van der Waals surface area (Å²) in [5.41, 5.74) is 0.0750. The Hall–Kier alpha value is -2.44. The Morgan fingerprint density at radius 1 is 1.47 bits per heavy atom. The molecule has 1 heterocycles. The van der Waals surface area contributed by atoms with Crippen LogP contribution in [0.3, 0.4) is 0 Å². The van der Waals surface area contributed by atoms with Crippen LogP contribution < -0.4 is 5.32 Å². The van der Waals surface area contributed by atoms with Gasteiger partial charge >= 0.3 is 0 Å². The fourth-order valence-corrected chi connectivity index (χ4v) is 1.71. The maximum absolute atomic E-state index is 13.1. The van der Waals surface area contributed by atoms with Gasteiger partial charge in [0.05, 0.1) is 4.92 Å². The lowest BCUT2D eigenvalue weighted by atomic mass is 10.2. The first-order valence-electron chi connectivity index (χ1n) is 5.82. The Kier molecular flexibility index (Phi) is 4.07. The van der Waals surface area contributed by atoms with E-state index in [4.69, 9.17) is 0 Å². The minimum atomic E-state index is -0.532. The van der Waals surface area contributed by atoms with Crippen molar-refractivity contribution in [3.05, 3.63) is 52.6 Å². The van der Waals surface area contributed by atoms with Gasteiger partial charge in [0.25, 0.3) is 5.69 Å². The minimum Gasteiger partial charge on any atom is -0.379 e. The van der Waals surface area contributed by atoms with Crippen LogP contribution in [-0.4, -0.2) is 21.2 Å². The van der Waals surface area contributed by atoms with Crippen molar-refractivity contribution in [3.63, 3.8) is 0 Å². The van der Waals surface area contributed by atoms with Gasteiger partial charge < -0.3 is 5.32 Å². The topological polar surface area (TPSA) is 73.0 Å². The maximum Gasteiger partial charge on any atom is 0.292 e. The van der Waals surface area contributed by atoms with Crippen LogP contribution in [0.1, 0.15) is 6.42 Å². The van der Waals surface area contributed by atoms with Crippen LogP contribution in [0.5, 0.6) is 0 Å². The van der Waals surface area contributed by atoms with Gasteiger partial charge in [0.2, 0.25) is 0 Å². The molecule has 100 valence electrons.